The summed E-state index contributed by atoms with van der Waals surface area (Å²) in [4.78, 5) is 0. The van der Waals surface area contributed by atoms with E-state index in [-0.39, 0.29) is 0 Å². The Hall–Kier alpha value is -1.30. The number of hydrogen-bond acceptors (Lipinski definition) is 0. The van der Waals surface area contributed by atoms with E-state index >= 15 is 0 Å². The molecule has 0 fully saturated rings. The highest BCUT2D eigenvalue weighted by Crippen LogP contribution is 2.34. The number of hydrogen-bond donors (Lipinski definition) is 0. The molecule has 0 amide bonds. The van der Waals surface area contributed by atoms with Crippen LogP contribution in [0, 0.1) is 11.8 Å². The Bertz CT molecular complexity index is 438. The van der Waals surface area contributed by atoms with Gasteiger partial charge in [-0.15, -0.1) is 0 Å². The van der Waals surface area contributed by atoms with Gasteiger partial charge in [-0.05, 0) is 55.9 Å². The van der Waals surface area contributed by atoms with Crippen LogP contribution in [0.5, 0.6) is 0 Å². The molecule has 0 nitrogen and oxygen atoms in total. The van der Waals surface area contributed by atoms with Crippen LogP contribution in [0.2, 0.25) is 0 Å². The summed E-state index contributed by atoms with van der Waals surface area (Å²) in [5.41, 5.74) is 3.15. The first-order valence-corrected chi connectivity index (χ1v) is 7.28. The van der Waals surface area contributed by atoms with Gasteiger partial charge in [-0.25, -0.2) is 0 Å². The highest BCUT2D eigenvalue weighted by atomic mass is 14.2. The Kier molecular flexibility index (Phi) is 3.64. The molecular weight excluding hydrogens is 216 g/mol. The van der Waals surface area contributed by atoms with E-state index in [0.29, 0.717) is 0 Å². The van der Waals surface area contributed by atoms with Crippen LogP contribution in [-0.4, -0.2) is 0 Å². The Morgan fingerprint density at radius 3 is 2.67 bits per heavy atom. The summed E-state index contributed by atoms with van der Waals surface area (Å²) in [7, 11) is 0. The average molecular weight is 238 g/mol. The van der Waals surface area contributed by atoms with Crippen molar-refractivity contribution in [2.45, 2.75) is 38.5 Å². The molecule has 0 saturated heterocycles. The highest BCUT2D eigenvalue weighted by molar-refractivity contribution is 5.23. The lowest BCUT2D eigenvalue weighted by molar-refractivity contribution is 0.437. The van der Waals surface area contributed by atoms with Gasteiger partial charge >= 0.3 is 0 Å². The minimum atomic E-state index is 0.797. The predicted molar refractivity (Wildman–Crippen MR) is 77.4 cm³/mol. The van der Waals surface area contributed by atoms with Gasteiger partial charge in [-0.2, -0.15) is 0 Å². The fraction of sp³-hybridized carbons (Fsp3) is 0.444. The Labute approximate surface area is 110 Å². The maximum atomic E-state index is 2.59. The third-order valence-electron chi connectivity index (χ3n) is 4.32. The van der Waals surface area contributed by atoms with Crippen LogP contribution in [0.25, 0.3) is 0 Å². The van der Waals surface area contributed by atoms with E-state index in [2.05, 4.69) is 48.6 Å². The van der Waals surface area contributed by atoms with Crippen molar-refractivity contribution in [3.8, 4) is 0 Å². The van der Waals surface area contributed by atoms with E-state index < -0.39 is 0 Å². The largest absolute Gasteiger partial charge is 0.0882 e. The topological polar surface area (TPSA) is 0 Å². The van der Waals surface area contributed by atoms with Crippen molar-refractivity contribution in [1.82, 2.24) is 0 Å². The van der Waals surface area contributed by atoms with Crippen LogP contribution in [-0.2, 0) is 6.42 Å². The Morgan fingerprint density at radius 1 is 0.944 bits per heavy atom. The average Bonchev–Trinajstić information content (AvgIpc) is 2.50. The molecule has 1 aromatic rings. The molecular formula is C18H22. The molecule has 0 spiro atoms. The number of benzene rings is 1. The van der Waals surface area contributed by atoms with Crippen LogP contribution in [0.3, 0.4) is 0 Å². The molecule has 0 heterocycles. The molecule has 94 valence electrons. The van der Waals surface area contributed by atoms with Crippen LogP contribution < -0.4 is 0 Å². The van der Waals surface area contributed by atoms with E-state index in [9.17, 15) is 0 Å². The van der Waals surface area contributed by atoms with E-state index in [4.69, 9.17) is 0 Å². The van der Waals surface area contributed by atoms with Gasteiger partial charge in [0.05, 0.1) is 0 Å². The zero-order valence-electron chi connectivity index (χ0n) is 11.0. The summed E-state index contributed by atoms with van der Waals surface area (Å²) in [6.07, 6.45) is 15.2. The Morgan fingerprint density at radius 2 is 1.78 bits per heavy atom. The lowest BCUT2D eigenvalue weighted by Gasteiger charge is -2.16. The second-order valence-electron chi connectivity index (χ2n) is 5.84. The molecule has 0 aliphatic heterocycles. The fourth-order valence-electron chi connectivity index (χ4n) is 3.34. The van der Waals surface area contributed by atoms with Gasteiger partial charge in [-0.3, -0.25) is 0 Å². The van der Waals surface area contributed by atoms with E-state index in [1.54, 1.807) is 5.57 Å². The first-order chi connectivity index (χ1) is 8.90. The fourth-order valence-corrected chi connectivity index (χ4v) is 3.34. The lowest BCUT2D eigenvalue weighted by Crippen LogP contribution is -2.02. The first kappa shape index (κ1) is 11.8. The second kappa shape index (κ2) is 5.56. The van der Waals surface area contributed by atoms with Crippen molar-refractivity contribution in [3.05, 3.63) is 59.7 Å². The molecule has 0 aromatic heterocycles. The van der Waals surface area contributed by atoms with Gasteiger partial charge < -0.3 is 0 Å². The molecule has 0 unspecified atom stereocenters. The van der Waals surface area contributed by atoms with Crippen molar-refractivity contribution in [3.63, 3.8) is 0 Å². The van der Waals surface area contributed by atoms with Gasteiger partial charge in [0.15, 0.2) is 0 Å². The summed E-state index contributed by atoms with van der Waals surface area (Å²) in [5.74, 6) is 1.69. The molecule has 2 aliphatic carbocycles. The zero-order valence-corrected chi connectivity index (χ0v) is 11.0. The number of allylic oxidation sites excluding steroid dienone is 4. The van der Waals surface area contributed by atoms with E-state index in [1.165, 1.54) is 37.7 Å². The molecule has 2 bridgehead atoms. The molecule has 0 saturated carbocycles. The standard InChI is InChI=1S/C18H22/c1-2-6-15(7-3-1)12-18-13-16-8-4-5-9-17(14-18)11-10-16/h1-7,13,16-17H,8-12,14H2/b5-4-/t16-,17+/m0/s1. The summed E-state index contributed by atoms with van der Waals surface area (Å²) >= 11 is 0. The van der Waals surface area contributed by atoms with E-state index in [0.717, 1.165) is 18.3 Å². The summed E-state index contributed by atoms with van der Waals surface area (Å²) in [5, 5.41) is 0. The predicted octanol–water partition coefficient (Wildman–Crippen LogP) is 4.92. The van der Waals surface area contributed by atoms with Gasteiger partial charge in [0.1, 0.15) is 0 Å². The number of rotatable bonds is 2. The third kappa shape index (κ3) is 2.93. The molecule has 0 heteroatoms. The highest BCUT2D eigenvalue weighted by Gasteiger charge is 2.19. The van der Waals surface area contributed by atoms with Crippen molar-refractivity contribution < 1.29 is 0 Å². The zero-order chi connectivity index (χ0) is 12.2. The van der Waals surface area contributed by atoms with Crippen molar-refractivity contribution >= 4 is 0 Å². The third-order valence-corrected chi connectivity index (χ3v) is 4.32. The molecule has 0 radical (unpaired) electrons. The summed E-state index contributed by atoms with van der Waals surface area (Å²) < 4.78 is 0. The minimum absolute atomic E-state index is 0.797. The molecule has 2 aliphatic rings. The molecule has 0 N–H and O–H groups in total. The van der Waals surface area contributed by atoms with Crippen molar-refractivity contribution in [1.29, 1.82) is 0 Å². The van der Waals surface area contributed by atoms with Gasteiger partial charge in [0, 0.05) is 0 Å². The Balaban J connectivity index is 1.78. The van der Waals surface area contributed by atoms with Crippen molar-refractivity contribution in [2.75, 3.05) is 0 Å². The quantitative estimate of drug-likeness (QED) is 0.641. The van der Waals surface area contributed by atoms with Crippen LogP contribution in [0.15, 0.2) is 54.1 Å². The molecule has 1 aromatic carbocycles. The van der Waals surface area contributed by atoms with Gasteiger partial charge in [-0.1, -0.05) is 54.1 Å². The van der Waals surface area contributed by atoms with Crippen LogP contribution in [0.1, 0.15) is 37.7 Å². The molecule has 18 heavy (non-hydrogen) atoms. The maximum Gasteiger partial charge on any atom is -0.00669 e. The van der Waals surface area contributed by atoms with Gasteiger partial charge in [0.2, 0.25) is 0 Å². The summed E-state index contributed by atoms with van der Waals surface area (Å²) in [6, 6.07) is 10.9. The maximum absolute atomic E-state index is 2.59. The number of fused-ring (bicyclic) bond motifs is 3. The summed E-state index contributed by atoms with van der Waals surface area (Å²) in [6.45, 7) is 0. The first-order valence-electron chi connectivity index (χ1n) is 7.28. The van der Waals surface area contributed by atoms with Gasteiger partial charge in [0.25, 0.3) is 0 Å². The van der Waals surface area contributed by atoms with Crippen molar-refractivity contribution in [2.24, 2.45) is 11.8 Å². The normalized spacial score (nSPS) is 29.0. The minimum Gasteiger partial charge on any atom is -0.0882 e. The van der Waals surface area contributed by atoms with Crippen LogP contribution >= 0.6 is 0 Å². The monoisotopic (exact) mass is 238 g/mol. The molecule has 2 atom stereocenters. The second-order valence-corrected chi connectivity index (χ2v) is 5.84. The molecule has 3 rings (SSSR count). The van der Waals surface area contributed by atoms with Crippen LogP contribution in [0.4, 0.5) is 0 Å². The lowest BCUT2D eigenvalue weighted by atomic mass is 9.90. The smallest absolute Gasteiger partial charge is 0.00669 e. The van der Waals surface area contributed by atoms with E-state index in [1.807, 2.05) is 0 Å². The SMILES string of the molecule is C1=C(Cc2ccccc2)C[C@@H]2C/C=C\C[C@H]1CC2.